The number of amides is 1. The van der Waals surface area contributed by atoms with E-state index in [0.717, 1.165) is 31.4 Å². The van der Waals surface area contributed by atoms with Gasteiger partial charge in [-0.3, -0.25) is 9.89 Å². The number of aliphatic hydroxyl groups excluding tert-OH is 1. The molecule has 1 heterocycles. The number of aromatic amines is 1. The van der Waals surface area contributed by atoms with Crippen LogP contribution in [0.5, 0.6) is 0 Å². The Kier molecular flexibility index (Phi) is 4.65. The Hall–Kier alpha value is -1.56. The molecule has 1 saturated carbocycles. The van der Waals surface area contributed by atoms with E-state index in [0.29, 0.717) is 5.69 Å². The molecule has 6 nitrogen and oxygen atoms in total. The Balaban J connectivity index is 2.08. The zero-order chi connectivity index (χ0) is 14.7. The predicted octanol–water partition coefficient (Wildman–Crippen LogP) is 1.40. The summed E-state index contributed by atoms with van der Waals surface area (Å²) in [5.41, 5.74) is 7.45. The number of aromatic nitrogens is 2. The fourth-order valence-corrected chi connectivity index (χ4v) is 2.83. The number of hydrogen-bond donors (Lipinski definition) is 4. The molecule has 0 aromatic carbocycles. The molecule has 0 radical (unpaired) electrons. The number of nitrogens with two attached hydrogens (primary N) is 1. The number of aliphatic hydroxyl groups is 1. The predicted molar refractivity (Wildman–Crippen MR) is 77.4 cm³/mol. The molecule has 2 unspecified atom stereocenters. The van der Waals surface area contributed by atoms with Gasteiger partial charge in [0.15, 0.2) is 5.69 Å². The van der Waals surface area contributed by atoms with Crippen LogP contribution in [0.4, 0.5) is 5.69 Å². The van der Waals surface area contributed by atoms with Gasteiger partial charge in [-0.15, -0.1) is 0 Å². The molecule has 0 spiro atoms. The van der Waals surface area contributed by atoms with E-state index in [1.165, 1.54) is 0 Å². The highest BCUT2D eigenvalue weighted by molar-refractivity contribution is 5.97. The topological polar surface area (TPSA) is 104 Å². The number of rotatable bonds is 4. The van der Waals surface area contributed by atoms with E-state index in [2.05, 4.69) is 15.5 Å². The van der Waals surface area contributed by atoms with Gasteiger partial charge in [0.1, 0.15) is 0 Å². The second-order valence-electron chi connectivity index (χ2n) is 5.86. The SMILES string of the molecule is CC(C)c1[nH]nc(C(=O)NC2CCCCC2CO)c1N. The summed E-state index contributed by atoms with van der Waals surface area (Å²) in [6.07, 6.45) is 4.04. The minimum atomic E-state index is -0.254. The highest BCUT2D eigenvalue weighted by atomic mass is 16.3. The van der Waals surface area contributed by atoms with Crippen LogP contribution in [0.15, 0.2) is 0 Å². The van der Waals surface area contributed by atoms with Crippen molar-refractivity contribution in [3.63, 3.8) is 0 Å². The Labute approximate surface area is 119 Å². The van der Waals surface area contributed by atoms with Gasteiger partial charge >= 0.3 is 0 Å². The van der Waals surface area contributed by atoms with Gasteiger partial charge in [-0.25, -0.2) is 0 Å². The monoisotopic (exact) mass is 280 g/mol. The molecule has 20 heavy (non-hydrogen) atoms. The van der Waals surface area contributed by atoms with Crippen molar-refractivity contribution in [2.45, 2.75) is 51.5 Å². The van der Waals surface area contributed by atoms with E-state index in [1.807, 2.05) is 13.8 Å². The molecule has 1 fully saturated rings. The Bertz CT molecular complexity index is 470. The Morgan fingerprint density at radius 2 is 2.20 bits per heavy atom. The molecule has 112 valence electrons. The molecule has 0 aliphatic heterocycles. The van der Waals surface area contributed by atoms with Crippen LogP contribution < -0.4 is 11.1 Å². The zero-order valence-electron chi connectivity index (χ0n) is 12.1. The number of H-pyrrole nitrogens is 1. The third-order valence-electron chi connectivity index (χ3n) is 4.09. The van der Waals surface area contributed by atoms with Crippen LogP contribution in [-0.4, -0.2) is 33.9 Å². The van der Waals surface area contributed by atoms with E-state index < -0.39 is 0 Å². The number of hydrogen-bond acceptors (Lipinski definition) is 4. The van der Waals surface area contributed by atoms with Crippen LogP contribution in [0.1, 0.15) is 61.6 Å². The molecule has 1 aliphatic carbocycles. The van der Waals surface area contributed by atoms with Crippen LogP contribution in [0, 0.1) is 5.92 Å². The van der Waals surface area contributed by atoms with Crippen LogP contribution >= 0.6 is 0 Å². The Morgan fingerprint density at radius 3 is 2.80 bits per heavy atom. The van der Waals surface area contributed by atoms with Gasteiger partial charge in [-0.2, -0.15) is 5.10 Å². The van der Waals surface area contributed by atoms with Gasteiger partial charge < -0.3 is 16.2 Å². The maximum Gasteiger partial charge on any atom is 0.274 e. The third-order valence-corrected chi connectivity index (χ3v) is 4.09. The first-order valence-electron chi connectivity index (χ1n) is 7.30. The lowest BCUT2D eigenvalue weighted by Crippen LogP contribution is -2.43. The standard InChI is InChI=1S/C14H24N4O2/c1-8(2)12-11(15)13(18-17-12)14(20)16-10-6-4-3-5-9(10)7-19/h8-10,19H,3-7,15H2,1-2H3,(H,16,20)(H,17,18). The number of carbonyl (C=O) groups excluding carboxylic acids is 1. The lowest BCUT2D eigenvalue weighted by Gasteiger charge is -2.30. The van der Waals surface area contributed by atoms with Gasteiger partial charge in [0, 0.05) is 18.6 Å². The molecule has 5 N–H and O–H groups in total. The van der Waals surface area contributed by atoms with Crippen molar-refractivity contribution in [2.24, 2.45) is 5.92 Å². The van der Waals surface area contributed by atoms with Gasteiger partial charge in [-0.1, -0.05) is 26.7 Å². The van der Waals surface area contributed by atoms with Crippen molar-refractivity contribution in [1.82, 2.24) is 15.5 Å². The fraction of sp³-hybridized carbons (Fsp3) is 0.714. The summed E-state index contributed by atoms with van der Waals surface area (Å²) in [6, 6.07) is 0.0137. The van der Waals surface area contributed by atoms with Crippen molar-refractivity contribution in [3.8, 4) is 0 Å². The molecule has 6 heteroatoms. The van der Waals surface area contributed by atoms with Crippen LogP contribution in [-0.2, 0) is 0 Å². The molecule has 2 rings (SSSR count). The van der Waals surface area contributed by atoms with Crippen molar-refractivity contribution < 1.29 is 9.90 Å². The maximum absolute atomic E-state index is 12.3. The smallest absolute Gasteiger partial charge is 0.274 e. The summed E-state index contributed by atoms with van der Waals surface area (Å²) in [5, 5.41) is 19.2. The fourth-order valence-electron chi connectivity index (χ4n) is 2.83. The number of nitrogens with zero attached hydrogens (tertiary/aromatic N) is 1. The average Bonchev–Trinajstić information content (AvgIpc) is 2.81. The molecule has 0 bridgehead atoms. The minimum Gasteiger partial charge on any atom is -0.396 e. The summed E-state index contributed by atoms with van der Waals surface area (Å²) in [5.74, 6) is 0.0809. The molecule has 1 amide bonds. The second kappa shape index (κ2) is 6.26. The first-order valence-corrected chi connectivity index (χ1v) is 7.30. The van der Waals surface area contributed by atoms with Crippen LogP contribution in [0.25, 0.3) is 0 Å². The van der Waals surface area contributed by atoms with E-state index in [9.17, 15) is 9.90 Å². The molecule has 1 aromatic rings. The zero-order valence-corrected chi connectivity index (χ0v) is 12.1. The van der Waals surface area contributed by atoms with E-state index in [4.69, 9.17) is 5.73 Å². The van der Waals surface area contributed by atoms with Gasteiger partial charge in [0.2, 0.25) is 0 Å². The first kappa shape index (κ1) is 14.8. The maximum atomic E-state index is 12.3. The quantitative estimate of drug-likeness (QED) is 0.669. The second-order valence-corrected chi connectivity index (χ2v) is 5.86. The van der Waals surface area contributed by atoms with Crippen molar-refractivity contribution in [3.05, 3.63) is 11.4 Å². The molecule has 1 aromatic heterocycles. The molecule has 0 saturated heterocycles. The lowest BCUT2D eigenvalue weighted by molar-refractivity contribution is 0.0868. The lowest BCUT2D eigenvalue weighted by atomic mass is 9.85. The summed E-state index contributed by atoms with van der Waals surface area (Å²) in [6.45, 7) is 4.10. The number of anilines is 1. The number of nitrogens with one attached hydrogen (secondary N) is 2. The summed E-state index contributed by atoms with van der Waals surface area (Å²) < 4.78 is 0. The first-order chi connectivity index (χ1) is 9.54. The summed E-state index contributed by atoms with van der Waals surface area (Å²) in [7, 11) is 0. The van der Waals surface area contributed by atoms with Crippen molar-refractivity contribution in [2.75, 3.05) is 12.3 Å². The van der Waals surface area contributed by atoms with E-state index >= 15 is 0 Å². The van der Waals surface area contributed by atoms with Crippen molar-refractivity contribution >= 4 is 11.6 Å². The van der Waals surface area contributed by atoms with Crippen LogP contribution in [0.2, 0.25) is 0 Å². The minimum absolute atomic E-state index is 0.0137. The van der Waals surface area contributed by atoms with Crippen molar-refractivity contribution in [1.29, 1.82) is 0 Å². The molecule has 1 aliphatic rings. The number of nitrogen functional groups attached to an aromatic ring is 1. The van der Waals surface area contributed by atoms with Gasteiger partial charge in [-0.05, 0) is 18.8 Å². The Morgan fingerprint density at radius 1 is 1.50 bits per heavy atom. The highest BCUT2D eigenvalue weighted by Gasteiger charge is 2.28. The molecular formula is C14H24N4O2. The average molecular weight is 280 g/mol. The third kappa shape index (κ3) is 2.95. The normalized spacial score (nSPS) is 23.0. The van der Waals surface area contributed by atoms with E-state index in [-0.39, 0.29) is 36.1 Å². The van der Waals surface area contributed by atoms with E-state index in [1.54, 1.807) is 0 Å². The highest BCUT2D eigenvalue weighted by Crippen LogP contribution is 2.26. The van der Waals surface area contributed by atoms with Crippen LogP contribution in [0.3, 0.4) is 0 Å². The van der Waals surface area contributed by atoms with Gasteiger partial charge in [0.25, 0.3) is 5.91 Å². The number of carbonyl (C=O) groups is 1. The summed E-state index contributed by atoms with van der Waals surface area (Å²) in [4.78, 5) is 12.3. The molecule has 2 atom stereocenters. The largest absolute Gasteiger partial charge is 0.396 e. The summed E-state index contributed by atoms with van der Waals surface area (Å²) >= 11 is 0. The van der Waals surface area contributed by atoms with Gasteiger partial charge in [0.05, 0.1) is 11.4 Å². The molecular weight excluding hydrogens is 256 g/mol.